The van der Waals surface area contributed by atoms with Gasteiger partial charge in [0.15, 0.2) is 0 Å². The average Bonchev–Trinajstić information content (AvgIpc) is 2.47. The molecule has 2 rings (SSSR count). The second-order valence-corrected chi connectivity index (χ2v) is 5.23. The summed E-state index contributed by atoms with van der Waals surface area (Å²) in [6, 6.07) is 9.73. The highest BCUT2D eigenvalue weighted by atomic mass is 16.5. The van der Waals surface area contributed by atoms with E-state index in [-0.39, 0.29) is 5.41 Å². The van der Waals surface area contributed by atoms with E-state index in [0.29, 0.717) is 5.56 Å². The summed E-state index contributed by atoms with van der Waals surface area (Å²) in [4.78, 5) is 0. The van der Waals surface area contributed by atoms with E-state index in [1.807, 2.05) is 24.3 Å². The van der Waals surface area contributed by atoms with Crippen molar-refractivity contribution in [3.8, 4) is 6.07 Å². The van der Waals surface area contributed by atoms with E-state index in [4.69, 9.17) is 10.00 Å². The molecule has 1 aliphatic rings. The Labute approximate surface area is 114 Å². The van der Waals surface area contributed by atoms with E-state index in [1.54, 1.807) is 7.11 Å². The molecule has 4 nitrogen and oxygen atoms in total. The molecule has 102 valence electrons. The highest BCUT2D eigenvalue weighted by Gasteiger charge is 2.31. The van der Waals surface area contributed by atoms with Crippen LogP contribution in [0.4, 0.5) is 5.69 Å². The van der Waals surface area contributed by atoms with Gasteiger partial charge in [0.1, 0.15) is 0 Å². The summed E-state index contributed by atoms with van der Waals surface area (Å²) in [6.45, 7) is 3.81. The fraction of sp³-hybridized carbons (Fsp3) is 0.533. The van der Waals surface area contributed by atoms with Crippen molar-refractivity contribution in [3.05, 3.63) is 29.8 Å². The largest absolute Gasteiger partial charge is 0.384 e. The molecule has 1 saturated heterocycles. The van der Waals surface area contributed by atoms with Crippen LogP contribution in [0, 0.1) is 16.7 Å². The van der Waals surface area contributed by atoms with Gasteiger partial charge in [0.2, 0.25) is 0 Å². The lowest BCUT2D eigenvalue weighted by Crippen LogP contribution is -2.44. The van der Waals surface area contributed by atoms with E-state index >= 15 is 0 Å². The zero-order valence-corrected chi connectivity index (χ0v) is 11.4. The first-order chi connectivity index (χ1) is 9.28. The minimum Gasteiger partial charge on any atom is -0.384 e. The summed E-state index contributed by atoms with van der Waals surface area (Å²) in [7, 11) is 1.77. The molecule has 1 aromatic carbocycles. The van der Waals surface area contributed by atoms with Crippen molar-refractivity contribution in [2.24, 2.45) is 5.41 Å². The average molecular weight is 259 g/mol. The molecule has 1 aromatic rings. The van der Waals surface area contributed by atoms with Gasteiger partial charge >= 0.3 is 0 Å². The summed E-state index contributed by atoms with van der Waals surface area (Å²) in [6.07, 6.45) is 2.26. The smallest absolute Gasteiger partial charge is 0.0991 e. The lowest BCUT2D eigenvalue weighted by Gasteiger charge is -2.37. The number of nitrogens with one attached hydrogen (secondary N) is 2. The molecule has 1 aliphatic heterocycles. The lowest BCUT2D eigenvalue weighted by molar-refractivity contribution is 0.0636. The standard InChI is InChI=1S/C15H21N3O/c1-19-12-15(6-8-17-9-7-15)11-18-14-4-2-13(10-16)3-5-14/h2-5,17-18H,6-9,11-12H2,1H3. The Morgan fingerprint density at radius 2 is 2.00 bits per heavy atom. The highest BCUT2D eigenvalue weighted by molar-refractivity contribution is 5.47. The third-order valence-electron chi connectivity index (χ3n) is 3.80. The van der Waals surface area contributed by atoms with E-state index in [9.17, 15) is 0 Å². The van der Waals surface area contributed by atoms with Crippen LogP contribution in [0.2, 0.25) is 0 Å². The molecule has 0 aliphatic carbocycles. The SMILES string of the molecule is COCC1(CNc2ccc(C#N)cc2)CCNCC1. The number of benzene rings is 1. The fourth-order valence-electron chi connectivity index (χ4n) is 2.59. The molecular weight excluding hydrogens is 238 g/mol. The van der Waals surface area contributed by atoms with Gasteiger partial charge in [0.05, 0.1) is 18.2 Å². The molecule has 4 heteroatoms. The maximum atomic E-state index is 8.78. The van der Waals surface area contributed by atoms with Gasteiger partial charge in [-0.2, -0.15) is 5.26 Å². The zero-order valence-electron chi connectivity index (χ0n) is 11.4. The van der Waals surface area contributed by atoms with Crippen molar-refractivity contribution in [1.29, 1.82) is 5.26 Å². The van der Waals surface area contributed by atoms with Crippen molar-refractivity contribution in [1.82, 2.24) is 5.32 Å². The number of hydrogen-bond acceptors (Lipinski definition) is 4. The van der Waals surface area contributed by atoms with Crippen molar-refractivity contribution in [3.63, 3.8) is 0 Å². The molecule has 19 heavy (non-hydrogen) atoms. The predicted octanol–water partition coefficient (Wildman–Crippen LogP) is 1.99. The number of piperidine rings is 1. The Hall–Kier alpha value is -1.57. The minimum atomic E-state index is 0.216. The third kappa shape index (κ3) is 3.69. The molecule has 0 spiro atoms. The van der Waals surface area contributed by atoms with Crippen LogP contribution in [0.25, 0.3) is 0 Å². The van der Waals surface area contributed by atoms with Gasteiger partial charge in [-0.25, -0.2) is 0 Å². The molecule has 0 amide bonds. The van der Waals surface area contributed by atoms with Gasteiger partial charge in [-0.1, -0.05) is 0 Å². The van der Waals surface area contributed by atoms with Gasteiger partial charge < -0.3 is 15.4 Å². The van der Waals surface area contributed by atoms with E-state index < -0.39 is 0 Å². The summed E-state index contributed by atoms with van der Waals surface area (Å²) < 4.78 is 5.40. The number of rotatable bonds is 5. The van der Waals surface area contributed by atoms with Crippen molar-refractivity contribution in [2.45, 2.75) is 12.8 Å². The third-order valence-corrected chi connectivity index (χ3v) is 3.80. The number of nitrogens with zero attached hydrogens (tertiary/aromatic N) is 1. The van der Waals surface area contributed by atoms with Crippen LogP contribution in [-0.4, -0.2) is 33.4 Å². The number of methoxy groups -OCH3 is 1. The normalized spacial score (nSPS) is 17.7. The highest BCUT2D eigenvalue weighted by Crippen LogP contribution is 2.29. The summed E-state index contributed by atoms with van der Waals surface area (Å²) in [5.41, 5.74) is 1.97. The number of hydrogen-bond donors (Lipinski definition) is 2. The maximum absolute atomic E-state index is 8.78. The quantitative estimate of drug-likeness (QED) is 0.849. The van der Waals surface area contributed by atoms with Gasteiger partial charge in [0, 0.05) is 24.8 Å². The summed E-state index contributed by atoms with van der Waals surface area (Å²) in [5.74, 6) is 0. The molecule has 0 atom stereocenters. The molecule has 2 N–H and O–H groups in total. The van der Waals surface area contributed by atoms with E-state index in [2.05, 4.69) is 16.7 Å². The zero-order chi connectivity index (χ0) is 13.6. The Morgan fingerprint density at radius 1 is 1.32 bits per heavy atom. The van der Waals surface area contributed by atoms with Crippen LogP contribution >= 0.6 is 0 Å². The molecule has 0 radical (unpaired) electrons. The van der Waals surface area contributed by atoms with Crippen molar-refractivity contribution >= 4 is 5.69 Å². The molecule has 0 aromatic heterocycles. The minimum absolute atomic E-state index is 0.216. The second kappa shape index (κ2) is 6.55. The lowest BCUT2D eigenvalue weighted by atomic mass is 9.79. The van der Waals surface area contributed by atoms with Gasteiger partial charge in [-0.15, -0.1) is 0 Å². The molecular formula is C15H21N3O. The first kappa shape index (κ1) is 13.9. The molecule has 0 saturated carbocycles. The Balaban J connectivity index is 1.96. The fourth-order valence-corrected chi connectivity index (χ4v) is 2.59. The Morgan fingerprint density at radius 3 is 2.58 bits per heavy atom. The van der Waals surface area contributed by atoms with Crippen LogP contribution in [0.15, 0.2) is 24.3 Å². The second-order valence-electron chi connectivity index (χ2n) is 5.23. The summed E-state index contributed by atoms with van der Waals surface area (Å²) in [5, 5.41) is 15.6. The monoisotopic (exact) mass is 259 g/mol. The predicted molar refractivity (Wildman–Crippen MR) is 76.1 cm³/mol. The molecule has 0 unspecified atom stereocenters. The Bertz CT molecular complexity index is 424. The van der Waals surface area contributed by atoms with Crippen LogP contribution in [-0.2, 0) is 4.74 Å². The first-order valence-corrected chi connectivity index (χ1v) is 6.72. The van der Waals surface area contributed by atoms with Crippen LogP contribution in [0.3, 0.4) is 0 Å². The van der Waals surface area contributed by atoms with Gasteiger partial charge in [0.25, 0.3) is 0 Å². The first-order valence-electron chi connectivity index (χ1n) is 6.72. The molecule has 0 bridgehead atoms. The van der Waals surface area contributed by atoms with Gasteiger partial charge in [-0.3, -0.25) is 0 Å². The maximum Gasteiger partial charge on any atom is 0.0991 e. The van der Waals surface area contributed by atoms with E-state index in [0.717, 1.165) is 44.8 Å². The number of ether oxygens (including phenoxy) is 1. The van der Waals surface area contributed by atoms with Gasteiger partial charge in [-0.05, 0) is 50.2 Å². The number of anilines is 1. The van der Waals surface area contributed by atoms with Crippen molar-refractivity contribution < 1.29 is 4.74 Å². The summed E-state index contributed by atoms with van der Waals surface area (Å²) >= 11 is 0. The topological polar surface area (TPSA) is 57.1 Å². The van der Waals surface area contributed by atoms with Crippen LogP contribution < -0.4 is 10.6 Å². The molecule has 1 fully saturated rings. The molecule has 1 heterocycles. The van der Waals surface area contributed by atoms with Crippen molar-refractivity contribution in [2.75, 3.05) is 38.7 Å². The van der Waals surface area contributed by atoms with Crippen LogP contribution in [0.5, 0.6) is 0 Å². The Kier molecular flexibility index (Phi) is 4.78. The van der Waals surface area contributed by atoms with E-state index in [1.165, 1.54) is 0 Å². The van der Waals surface area contributed by atoms with Crippen LogP contribution in [0.1, 0.15) is 18.4 Å². The number of nitriles is 1.